The fraction of sp³-hybridized carbons (Fsp3) is 0.550. The minimum absolute atomic E-state index is 0.505. The molecule has 2 fully saturated rings. The normalized spacial score (nSPS) is 21.6. The fourth-order valence-corrected chi connectivity index (χ4v) is 4.06. The standard InChI is InChI=1S/C20H28N4O/c1-15-13-24(18-6-4-5-7-19(18)25-3)11-10-23(15)14-17-12-21-22(2)20(17)16-8-9-16/h4-7,12,15-16H,8-11,13-14H2,1-3H3. The van der Waals surface area contributed by atoms with Gasteiger partial charge in [0.1, 0.15) is 5.75 Å². The van der Waals surface area contributed by atoms with Crippen LogP contribution >= 0.6 is 0 Å². The van der Waals surface area contributed by atoms with Gasteiger partial charge in [-0.2, -0.15) is 5.10 Å². The van der Waals surface area contributed by atoms with Crippen molar-refractivity contribution in [3.05, 3.63) is 41.7 Å². The molecular formula is C20H28N4O. The molecule has 2 aromatic rings. The van der Waals surface area contributed by atoms with Crippen molar-refractivity contribution < 1.29 is 4.74 Å². The Balaban J connectivity index is 1.45. The number of benzene rings is 1. The number of piperazine rings is 1. The second-order valence-electron chi connectivity index (χ2n) is 7.39. The monoisotopic (exact) mass is 340 g/mol. The van der Waals surface area contributed by atoms with Crippen LogP contribution in [0.1, 0.15) is 36.9 Å². The molecule has 2 aliphatic rings. The van der Waals surface area contributed by atoms with E-state index >= 15 is 0 Å². The van der Waals surface area contributed by atoms with Gasteiger partial charge in [-0.05, 0) is 31.9 Å². The molecule has 4 rings (SSSR count). The Bertz CT molecular complexity index is 737. The summed E-state index contributed by atoms with van der Waals surface area (Å²) in [5.41, 5.74) is 4.08. The molecule has 5 nitrogen and oxygen atoms in total. The van der Waals surface area contributed by atoms with Crippen LogP contribution in [0.5, 0.6) is 5.75 Å². The highest BCUT2D eigenvalue weighted by atomic mass is 16.5. The molecule has 1 aromatic heterocycles. The summed E-state index contributed by atoms with van der Waals surface area (Å²) < 4.78 is 7.63. The minimum Gasteiger partial charge on any atom is -0.495 e. The van der Waals surface area contributed by atoms with Crippen molar-refractivity contribution in [3.63, 3.8) is 0 Å². The molecule has 1 aromatic carbocycles. The molecule has 134 valence electrons. The van der Waals surface area contributed by atoms with Gasteiger partial charge in [0, 0.05) is 56.4 Å². The Hall–Kier alpha value is -2.01. The molecule has 2 heterocycles. The van der Waals surface area contributed by atoms with E-state index in [1.54, 1.807) is 7.11 Å². The molecule has 1 saturated heterocycles. The second-order valence-corrected chi connectivity index (χ2v) is 7.39. The maximum atomic E-state index is 5.54. The summed E-state index contributed by atoms with van der Waals surface area (Å²) in [4.78, 5) is 5.04. The number of methoxy groups -OCH3 is 1. The second kappa shape index (κ2) is 6.71. The van der Waals surface area contributed by atoms with Gasteiger partial charge in [0.25, 0.3) is 0 Å². The van der Waals surface area contributed by atoms with Crippen molar-refractivity contribution in [2.45, 2.75) is 38.3 Å². The van der Waals surface area contributed by atoms with E-state index in [1.165, 1.54) is 29.8 Å². The summed E-state index contributed by atoms with van der Waals surface area (Å²) in [6.45, 7) is 6.47. The van der Waals surface area contributed by atoms with Crippen LogP contribution in [0.4, 0.5) is 5.69 Å². The summed E-state index contributed by atoms with van der Waals surface area (Å²) in [5.74, 6) is 1.71. The molecular weight excluding hydrogens is 312 g/mol. The van der Waals surface area contributed by atoms with Crippen molar-refractivity contribution in [1.29, 1.82) is 0 Å². The first kappa shape index (κ1) is 16.5. The average molecular weight is 340 g/mol. The van der Waals surface area contributed by atoms with Crippen LogP contribution < -0.4 is 9.64 Å². The van der Waals surface area contributed by atoms with Gasteiger partial charge in [-0.25, -0.2) is 0 Å². The van der Waals surface area contributed by atoms with Gasteiger partial charge in [0.2, 0.25) is 0 Å². The molecule has 1 unspecified atom stereocenters. The number of para-hydroxylation sites is 2. The fourth-order valence-electron chi connectivity index (χ4n) is 4.06. The number of nitrogens with zero attached hydrogens (tertiary/aromatic N) is 4. The van der Waals surface area contributed by atoms with Gasteiger partial charge in [0.15, 0.2) is 0 Å². The predicted octanol–water partition coefficient (Wildman–Crippen LogP) is 3.02. The lowest BCUT2D eigenvalue weighted by Gasteiger charge is -2.41. The van der Waals surface area contributed by atoms with Crippen LogP contribution in [0.25, 0.3) is 0 Å². The van der Waals surface area contributed by atoms with Gasteiger partial charge < -0.3 is 9.64 Å². The van der Waals surface area contributed by atoms with Crippen LogP contribution in [0, 0.1) is 0 Å². The molecule has 1 aliphatic carbocycles. The van der Waals surface area contributed by atoms with E-state index in [2.05, 4.69) is 51.9 Å². The summed E-state index contributed by atoms with van der Waals surface area (Å²) in [5, 5.41) is 4.52. The molecule has 25 heavy (non-hydrogen) atoms. The summed E-state index contributed by atoms with van der Waals surface area (Å²) in [6, 6.07) is 8.83. The highest BCUT2D eigenvalue weighted by molar-refractivity contribution is 5.58. The number of ether oxygens (including phenoxy) is 1. The maximum Gasteiger partial charge on any atom is 0.142 e. The summed E-state index contributed by atoms with van der Waals surface area (Å²) in [6.07, 6.45) is 4.72. The SMILES string of the molecule is COc1ccccc1N1CCN(Cc2cnn(C)c2C2CC2)C(C)C1. The molecule has 1 aliphatic heterocycles. The lowest BCUT2D eigenvalue weighted by molar-refractivity contribution is 0.180. The van der Waals surface area contributed by atoms with Crippen molar-refractivity contribution in [2.24, 2.45) is 7.05 Å². The Morgan fingerprint density at radius 2 is 2.00 bits per heavy atom. The van der Waals surface area contributed by atoms with E-state index in [4.69, 9.17) is 4.74 Å². The van der Waals surface area contributed by atoms with E-state index in [9.17, 15) is 0 Å². The minimum atomic E-state index is 0.505. The van der Waals surface area contributed by atoms with E-state index in [0.717, 1.165) is 37.8 Å². The zero-order chi connectivity index (χ0) is 17.4. The lowest BCUT2D eigenvalue weighted by Crippen LogP contribution is -2.51. The largest absolute Gasteiger partial charge is 0.495 e. The molecule has 0 spiro atoms. The highest BCUT2D eigenvalue weighted by Crippen LogP contribution is 2.41. The van der Waals surface area contributed by atoms with Gasteiger partial charge >= 0.3 is 0 Å². The summed E-state index contributed by atoms with van der Waals surface area (Å²) in [7, 11) is 3.83. The van der Waals surface area contributed by atoms with Crippen LogP contribution in [-0.2, 0) is 13.6 Å². The van der Waals surface area contributed by atoms with Crippen LogP contribution in [0.15, 0.2) is 30.5 Å². The Morgan fingerprint density at radius 1 is 1.20 bits per heavy atom. The first-order valence-corrected chi connectivity index (χ1v) is 9.30. The van der Waals surface area contributed by atoms with Crippen molar-refractivity contribution in [1.82, 2.24) is 14.7 Å². The van der Waals surface area contributed by atoms with Crippen molar-refractivity contribution in [2.75, 3.05) is 31.6 Å². The van der Waals surface area contributed by atoms with E-state index in [0.29, 0.717) is 6.04 Å². The predicted molar refractivity (Wildman–Crippen MR) is 100 cm³/mol. The number of hydrogen-bond donors (Lipinski definition) is 0. The quantitative estimate of drug-likeness (QED) is 0.838. The van der Waals surface area contributed by atoms with Gasteiger partial charge in [-0.3, -0.25) is 9.58 Å². The number of hydrogen-bond acceptors (Lipinski definition) is 4. The number of anilines is 1. The van der Waals surface area contributed by atoms with Gasteiger partial charge in [-0.15, -0.1) is 0 Å². The van der Waals surface area contributed by atoms with Crippen LogP contribution in [0.3, 0.4) is 0 Å². The zero-order valence-corrected chi connectivity index (χ0v) is 15.5. The van der Waals surface area contributed by atoms with E-state index < -0.39 is 0 Å². The first-order valence-electron chi connectivity index (χ1n) is 9.30. The number of rotatable bonds is 5. The van der Waals surface area contributed by atoms with E-state index in [1.807, 2.05) is 12.1 Å². The zero-order valence-electron chi connectivity index (χ0n) is 15.5. The van der Waals surface area contributed by atoms with Gasteiger partial charge in [-0.1, -0.05) is 12.1 Å². The Morgan fingerprint density at radius 3 is 2.72 bits per heavy atom. The molecule has 1 saturated carbocycles. The van der Waals surface area contributed by atoms with Crippen molar-refractivity contribution >= 4 is 5.69 Å². The number of aryl methyl sites for hydroxylation is 1. The average Bonchev–Trinajstić information content (AvgIpc) is 3.40. The third-order valence-corrected chi connectivity index (χ3v) is 5.59. The van der Waals surface area contributed by atoms with Crippen LogP contribution in [-0.4, -0.2) is 47.5 Å². The van der Waals surface area contributed by atoms with Crippen LogP contribution in [0.2, 0.25) is 0 Å². The topological polar surface area (TPSA) is 33.5 Å². The number of aromatic nitrogens is 2. The molecule has 1 atom stereocenters. The maximum absolute atomic E-state index is 5.54. The third kappa shape index (κ3) is 3.25. The molecule has 0 amide bonds. The Labute approximate surface area is 150 Å². The molecule has 5 heteroatoms. The summed E-state index contributed by atoms with van der Waals surface area (Å²) >= 11 is 0. The van der Waals surface area contributed by atoms with Gasteiger partial charge in [0.05, 0.1) is 19.0 Å². The van der Waals surface area contributed by atoms with Crippen molar-refractivity contribution in [3.8, 4) is 5.75 Å². The first-order chi connectivity index (χ1) is 12.2. The lowest BCUT2D eigenvalue weighted by atomic mass is 10.1. The van der Waals surface area contributed by atoms with E-state index in [-0.39, 0.29) is 0 Å². The smallest absolute Gasteiger partial charge is 0.142 e. The molecule has 0 N–H and O–H groups in total. The third-order valence-electron chi connectivity index (χ3n) is 5.59. The molecule has 0 radical (unpaired) electrons. The molecule has 0 bridgehead atoms. The highest BCUT2D eigenvalue weighted by Gasteiger charge is 2.31. The Kier molecular flexibility index (Phi) is 4.42.